The number of nitrogens with one attached hydrogen (secondary N) is 1. The van der Waals surface area contributed by atoms with Crippen molar-refractivity contribution < 1.29 is 0 Å². The fourth-order valence-corrected chi connectivity index (χ4v) is 2.50. The number of aromatic amines is 1. The van der Waals surface area contributed by atoms with Crippen LogP contribution in [0.25, 0.3) is 11.4 Å². The lowest BCUT2D eigenvalue weighted by Gasteiger charge is -2.07. The van der Waals surface area contributed by atoms with Gasteiger partial charge in [-0.25, -0.2) is 4.98 Å². The highest BCUT2D eigenvalue weighted by molar-refractivity contribution is 5.55. The van der Waals surface area contributed by atoms with E-state index < -0.39 is 0 Å². The highest BCUT2D eigenvalue weighted by atomic mass is 16.1. The molecule has 1 N–H and O–H groups in total. The van der Waals surface area contributed by atoms with Crippen LogP contribution in [0, 0.1) is 5.92 Å². The maximum atomic E-state index is 11.8. The number of benzene rings is 1. The molecule has 1 aliphatic carbocycles. The molecule has 1 aliphatic rings. The zero-order valence-electron chi connectivity index (χ0n) is 12.0. The zero-order valence-corrected chi connectivity index (χ0v) is 12.0. The molecule has 0 bridgehead atoms. The van der Waals surface area contributed by atoms with Crippen molar-refractivity contribution in [2.75, 3.05) is 0 Å². The van der Waals surface area contributed by atoms with Crippen molar-refractivity contribution in [1.82, 2.24) is 9.97 Å². The largest absolute Gasteiger partial charge is 0.307 e. The van der Waals surface area contributed by atoms with Crippen LogP contribution in [0.1, 0.15) is 43.9 Å². The summed E-state index contributed by atoms with van der Waals surface area (Å²) in [5.41, 5.74) is 3.17. The molecule has 0 aliphatic heterocycles. The van der Waals surface area contributed by atoms with Gasteiger partial charge in [-0.05, 0) is 36.7 Å². The molecule has 0 amide bonds. The molecular formula is C17H20N2O. The van der Waals surface area contributed by atoms with Crippen LogP contribution in [0.3, 0.4) is 0 Å². The van der Waals surface area contributed by atoms with Gasteiger partial charge >= 0.3 is 0 Å². The minimum atomic E-state index is -0.0723. The Hall–Kier alpha value is -1.90. The minimum Gasteiger partial charge on any atom is -0.307 e. The standard InChI is InChI=1S/C17H20N2O/c1-11(2)9-15-10-16(20)19-17(18-15)14-7-5-13(6-8-14)12-3-4-12/h5-8,10-12H,3-4,9H2,1-2H3,(H,18,19,20). The minimum absolute atomic E-state index is 0.0723. The van der Waals surface area contributed by atoms with Gasteiger partial charge < -0.3 is 4.98 Å². The van der Waals surface area contributed by atoms with E-state index in [2.05, 4.69) is 48.1 Å². The molecular weight excluding hydrogens is 248 g/mol. The summed E-state index contributed by atoms with van der Waals surface area (Å²) in [4.78, 5) is 19.2. The molecule has 20 heavy (non-hydrogen) atoms. The van der Waals surface area contributed by atoms with Crippen molar-refractivity contribution in [3.05, 3.63) is 51.9 Å². The third kappa shape index (κ3) is 2.98. The van der Waals surface area contributed by atoms with Gasteiger partial charge in [-0.2, -0.15) is 0 Å². The Kier molecular flexibility index (Phi) is 3.43. The van der Waals surface area contributed by atoms with Crippen LogP contribution >= 0.6 is 0 Å². The number of hydrogen-bond donors (Lipinski definition) is 1. The molecule has 0 atom stereocenters. The van der Waals surface area contributed by atoms with Crippen LogP contribution < -0.4 is 5.56 Å². The third-order valence-corrected chi connectivity index (χ3v) is 3.64. The molecule has 1 aromatic heterocycles. The number of nitrogens with zero attached hydrogens (tertiary/aromatic N) is 1. The SMILES string of the molecule is CC(C)Cc1cc(=O)[nH]c(-c2ccc(C3CC3)cc2)n1. The lowest BCUT2D eigenvalue weighted by molar-refractivity contribution is 0.634. The van der Waals surface area contributed by atoms with Gasteiger partial charge in [-0.15, -0.1) is 0 Å². The highest BCUT2D eigenvalue weighted by Crippen LogP contribution is 2.40. The van der Waals surface area contributed by atoms with Gasteiger partial charge in [0.25, 0.3) is 5.56 Å². The zero-order chi connectivity index (χ0) is 14.1. The molecule has 104 valence electrons. The summed E-state index contributed by atoms with van der Waals surface area (Å²) in [7, 11) is 0. The lowest BCUT2D eigenvalue weighted by atomic mass is 10.1. The molecule has 1 heterocycles. The van der Waals surface area contributed by atoms with E-state index >= 15 is 0 Å². The molecule has 2 aromatic rings. The summed E-state index contributed by atoms with van der Waals surface area (Å²) in [5, 5.41) is 0. The number of H-pyrrole nitrogens is 1. The van der Waals surface area contributed by atoms with E-state index in [0.29, 0.717) is 11.7 Å². The molecule has 0 saturated heterocycles. The Balaban J connectivity index is 1.91. The summed E-state index contributed by atoms with van der Waals surface area (Å²) < 4.78 is 0. The first-order valence-electron chi connectivity index (χ1n) is 7.32. The van der Waals surface area contributed by atoms with Gasteiger partial charge in [-0.1, -0.05) is 38.1 Å². The number of rotatable bonds is 4. The van der Waals surface area contributed by atoms with Crippen molar-refractivity contribution in [2.24, 2.45) is 5.92 Å². The lowest BCUT2D eigenvalue weighted by Crippen LogP contribution is -2.11. The molecule has 3 nitrogen and oxygen atoms in total. The fraction of sp³-hybridized carbons (Fsp3) is 0.412. The summed E-state index contributed by atoms with van der Waals surface area (Å²) in [5.74, 6) is 1.92. The van der Waals surface area contributed by atoms with Crippen LogP contribution in [0.15, 0.2) is 35.1 Å². The average Bonchev–Trinajstić information content (AvgIpc) is 3.21. The number of aromatic nitrogens is 2. The molecule has 1 saturated carbocycles. The van der Waals surface area contributed by atoms with Crippen LogP contribution in [-0.4, -0.2) is 9.97 Å². The van der Waals surface area contributed by atoms with Crippen LogP contribution in [0.2, 0.25) is 0 Å². The van der Waals surface area contributed by atoms with Crippen LogP contribution in [-0.2, 0) is 6.42 Å². The Morgan fingerprint density at radius 2 is 1.95 bits per heavy atom. The van der Waals surface area contributed by atoms with Gasteiger partial charge in [-0.3, -0.25) is 4.79 Å². The quantitative estimate of drug-likeness (QED) is 0.922. The average molecular weight is 268 g/mol. The number of hydrogen-bond acceptors (Lipinski definition) is 2. The van der Waals surface area contributed by atoms with Gasteiger partial charge in [0.1, 0.15) is 5.82 Å². The van der Waals surface area contributed by atoms with Crippen molar-refractivity contribution in [3.63, 3.8) is 0 Å². The first-order valence-corrected chi connectivity index (χ1v) is 7.32. The smallest absolute Gasteiger partial charge is 0.251 e. The van der Waals surface area contributed by atoms with E-state index in [4.69, 9.17) is 0 Å². The van der Waals surface area contributed by atoms with E-state index in [1.807, 2.05) is 0 Å². The predicted octanol–water partition coefficient (Wildman–Crippen LogP) is 3.51. The fourth-order valence-electron chi connectivity index (χ4n) is 2.50. The Morgan fingerprint density at radius 1 is 1.25 bits per heavy atom. The maximum Gasteiger partial charge on any atom is 0.251 e. The second-order valence-corrected chi connectivity index (χ2v) is 6.08. The third-order valence-electron chi connectivity index (χ3n) is 3.64. The predicted molar refractivity (Wildman–Crippen MR) is 80.8 cm³/mol. The van der Waals surface area contributed by atoms with E-state index in [0.717, 1.165) is 23.6 Å². The second kappa shape index (κ2) is 5.23. The molecule has 1 fully saturated rings. The summed E-state index contributed by atoms with van der Waals surface area (Å²) >= 11 is 0. The monoisotopic (exact) mass is 268 g/mol. The van der Waals surface area contributed by atoms with Gasteiger partial charge in [0.15, 0.2) is 0 Å². The Bertz CT molecular complexity index is 651. The molecule has 3 rings (SSSR count). The van der Waals surface area contributed by atoms with E-state index in [1.54, 1.807) is 6.07 Å². The van der Waals surface area contributed by atoms with Gasteiger partial charge in [0.05, 0.1) is 0 Å². The normalized spacial score (nSPS) is 14.8. The molecule has 0 unspecified atom stereocenters. The molecule has 1 aromatic carbocycles. The highest BCUT2D eigenvalue weighted by Gasteiger charge is 2.23. The van der Waals surface area contributed by atoms with Crippen molar-refractivity contribution in [2.45, 2.75) is 39.0 Å². The van der Waals surface area contributed by atoms with E-state index in [1.165, 1.54) is 18.4 Å². The van der Waals surface area contributed by atoms with Gasteiger partial charge in [0.2, 0.25) is 0 Å². The molecule has 0 radical (unpaired) electrons. The topological polar surface area (TPSA) is 45.8 Å². The molecule has 0 spiro atoms. The van der Waals surface area contributed by atoms with E-state index in [9.17, 15) is 4.79 Å². The summed E-state index contributed by atoms with van der Waals surface area (Å²) in [6.45, 7) is 4.26. The Labute approximate surface area is 119 Å². The van der Waals surface area contributed by atoms with Crippen molar-refractivity contribution in [1.29, 1.82) is 0 Å². The van der Waals surface area contributed by atoms with Gasteiger partial charge in [0, 0.05) is 17.3 Å². The molecule has 3 heteroatoms. The van der Waals surface area contributed by atoms with Crippen molar-refractivity contribution in [3.8, 4) is 11.4 Å². The van der Waals surface area contributed by atoms with Crippen molar-refractivity contribution >= 4 is 0 Å². The first kappa shape index (κ1) is 13.1. The van der Waals surface area contributed by atoms with E-state index in [-0.39, 0.29) is 5.56 Å². The Morgan fingerprint density at radius 3 is 2.55 bits per heavy atom. The first-order chi connectivity index (χ1) is 9.61. The summed E-state index contributed by atoms with van der Waals surface area (Å²) in [6.07, 6.45) is 3.44. The van der Waals surface area contributed by atoms with Crippen LogP contribution in [0.4, 0.5) is 0 Å². The second-order valence-electron chi connectivity index (χ2n) is 6.08. The van der Waals surface area contributed by atoms with Crippen LogP contribution in [0.5, 0.6) is 0 Å². The summed E-state index contributed by atoms with van der Waals surface area (Å²) in [6, 6.07) is 10.0. The maximum absolute atomic E-state index is 11.8.